The van der Waals surface area contributed by atoms with Gasteiger partial charge in [-0.3, -0.25) is 4.90 Å². The second kappa shape index (κ2) is 2.47. The van der Waals surface area contributed by atoms with Gasteiger partial charge < -0.3 is 0 Å². The first kappa shape index (κ1) is 7.37. The molecule has 3 fully saturated rings. The SMILES string of the molecule is C[C@@H]1C[C@@H]2C[C@@H]3CCC[C@@H]3N2C1. The van der Waals surface area contributed by atoms with Gasteiger partial charge in [-0.25, -0.2) is 0 Å². The molecule has 0 amide bonds. The Bertz CT molecular complexity index is 189. The van der Waals surface area contributed by atoms with Crippen LogP contribution in [0, 0.1) is 11.8 Å². The summed E-state index contributed by atoms with van der Waals surface area (Å²) in [6, 6.07) is 2.01. The number of fused-ring (bicyclic) bond motifs is 3. The topological polar surface area (TPSA) is 3.24 Å². The average molecular weight is 165 g/mol. The molecule has 0 spiro atoms. The van der Waals surface area contributed by atoms with E-state index >= 15 is 0 Å². The largest absolute Gasteiger partial charge is 0.297 e. The molecule has 1 nitrogen and oxygen atoms in total. The molecule has 1 saturated carbocycles. The Hall–Kier alpha value is -0.0400. The Morgan fingerprint density at radius 1 is 1.17 bits per heavy atom. The van der Waals surface area contributed by atoms with Crippen molar-refractivity contribution in [2.45, 2.75) is 51.1 Å². The molecular formula is C11H19N. The maximum Gasteiger partial charge on any atom is 0.0127 e. The maximum absolute atomic E-state index is 2.84. The second-order valence-corrected chi connectivity index (χ2v) is 5.19. The molecule has 2 aliphatic heterocycles. The summed E-state index contributed by atoms with van der Waals surface area (Å²) in [6.45, 7) is 3.83. The van der Waals surface area contributed by atoms with E-state index in [-0.39, 0.29) is 0 Å². The molecule has 12 heavy (non-hydrogen) atoms. The van der Waals surface area contributed by atoms with Gasteiger partial charge in [0, 0.05) is 18.6 Å². The third-order valence-electron chi connectivity index (χ3n) is 4.29. The molecule has 0 bridgehead atoms. The lowest BCUT2D eigenvalue weighted by molar-refractivity contribution is 0.230. The maximum atomic E-state index is 2.84. The summed E-state index contributed by atoms with van der Waals surface area (Å²) >= 11 is 0. The Labute approximate surface area is 75.1 Å². The zero-order chi connectivity index (χ0) is 8.13. The van der Waals surface area contributed by atoms with Crippen molar-refractivity contribution in [1.29, 1.82) is 0 Å². The predicted octanol–water partition coefficient (Wildman–Crippen LogP) is 2.27. The summed E-state index contributed by atoms with van der Waals surface area (Å²) in [5, 5.41) is 0. The normalized spacial score (nSPS) is 52.8. The van der Waals surface area contributed by atoms with Crippen LogP contribution >= 0.6 is 0 Å². The summed E-state index contributed by atoms with van der Waals surface area (Å²) in [7, 11) is 0. The van der Waals surface area contributed by atoms with Crippen LogP contribution in [0.4, 0.5) is 0 Å². The van der Waals surface area contributed by atoms with Crippen LogP contribution in [0.25, 0.3) is 0 Å². The molecule has 2 heterocycles. The van der Waals surface area contributed by atoms with Crippen molar-refractivity contribution in [1.82, 2.24) is 4.90 Å². The molecule has 0 radical (unpaired) electrons. The van der Waals surface area contributed by atoms with Crippen LogP contribution < -0.4 is 0 Å². The van der Waals surface area contributed by atoms with E-state index in [1.54, 1.807) is 0 Å². The standard InChI is InChI=1S/C11H19N/c1-8-5-10-6-9-3-2-4-11(9)12(10)7-8/h8-11H,2-7H2,1H3/t8-,9+,10-,11+/m1/s1. The quantitative estimate of drug-likeness (QED) is 0.532. The monoisotopic (exact) mass is 165 g/mol. The number of hydrogen-bond acceptors (Lipinski definition) is 1. The molecule has 3 aliphatic rings. The van der Waals surface area contributed by atoms with Gasteiger partial charge in [-0.05, 0) is 37.5 Å². The van der Waals surface area contributed by atoms with E-state index in [1.165, 1.54) is 38.6 Å². The van der Waals surface area contributed by atoms with Crippen LogP contribution in [0.2, 0.25) is 0 Å². The van der Waals surface area contributed by atoms with E-state index in [0.717, 1.165) is 23.9 Å². The van der Waals surface area contributed by atoms with E-state index < -0.39 is 0 Å². The molecule has 3 rings (SSSR count). The summed E-state index contributed by atoms with van der Waals surface area (Å²) in [5.74, 6) is 2.08. The highest BCUT2D eigenvalue weighted by Crippen LogP contribution is 2.45. The first-order valence-corrected chi connectivity index (χ1v) is 5.60. The van der Waals surface area contributed by atoms with Gasteiger partial charge in [-0.1, -0.05) is 13.3 Å². The first-order valence-electron chi connectivity index (χ1n) is 5.60. The minimum absolute atomic E-state index is 0.983. The van der Waals surface area contributed by atoms with Crippen molar-refractivity contribution < 1.29 is 0 Å². The minimum Gasteiger partial charge on any atom is -0.297 e. The molecule has 68 valence electrons. The molecule has 0 aromatic rings. The fraction of sp³-hybridized carbons (Fsp3) is 1.00. The van der Waals surface area contributed by atoms with Gasteiger partial charge in [-0.15, -0.1) is 0 Å². The van der Waals surface area contributed by atoms with Crippen molar-refractivity contribution in [2.24, 2.45) is 11.8 Å². The van der Waals surface area contributed by atoms with Crippen LogP contribution in [0.1, 0.15) is 39.0 Å². The Balaban J connectivity index is 1.80. The highest BCUT2D eigenvalue weighted by molar-refractivity contribution is 5.01. The van der Waals surface area contributed by atoms with Crippen molar-refractivity contribution in [2.75, 3.05) is 6.54 Å². The lowest BCUT2D eigenvalue weighted by Gasteiger charge is -2.22. The van der Waals surface area contributed by atoms with Crippen LogP contribution in [0.5, 0.6) is 0 Å². The molecule has 1 aliphatic carbocycles. The zero-order valence-corrected chi connectivity index (χ0v) is 8.00. The number of rotatable bonds is 0. The highest BCUT2D eigenvalue weighted by Gasteiger charge is 2.46. The van der Waals surface area contributed by atoms with E-state index in [9.17, 15) is 0 Å². The minimum atomic E-state index is 0.983. The predicted molar refractivity (Wildman–Crippen MR) is 50.0 cm³/mol. The van der Waals surface area contributed by atoms with Gasteiger partial charge in [-0.2, -0.15) is 0 Å². The molecule has 0 unspecified atom stereocenters. The fourth-order valence-electron chi connectivity index (χ4n) is 3.90. The van der Waals surface area contributed by atoms with Crippen LogP contribution in [-0.4, -0.2) is 23.5 Å². The lowest BCUT2D eigenvalue weighted by Crippen LogP contribution is -2.31. The molecular weight excluding hydrogens is 146 g/mol. The van der Waals surface area contributed by atoms with Crippen molar-refractivity contribution in [3.05, 3.63) is 0 Å². The lowest BCUT2D eigenvalue weighted by atomic mass is 9.97. The van der Waals surface area contributed by atoms with E-state index in [1.807, 2.05) is 0 Å². The van der Waals surface area contributed by atoms with Crippen molar-refractivity contribution >= 4 is 0 Å². The number of nitrogens with zero attached hydrogens (tertiary/aromatic N) is 1. The van der Waals surface area contributed by atoms with Crippen molar-refractivity contribution in [3.63, 3.8) is 0 Å². The molecule has 0 N–H and O–H groups in total. The van der Waals surface area contributed by atoms with Crippen LogP contribution in [0.3, 0.4) is 0 Å². The van der Waals surface area contributed by atoms with Gasteiger partial charge in [0.15, 0.2) is 0 Å². The van der Waals surface area contributed by atoms with Gasteiger partial charge >= 0.3 is 0 Å². The summed E-state index contributed by atoms with van der Waals surface area (Å²) < 4.78 is 0. The summed E-state index contributed by atoms with van der Waals surface area (Å²) in [6.07, 6.45) is 7.58. The second-order valence-electron chi connectivity index (χ2n) is 5.19. The van der Waals surface area contributed by atoms with E-state index in [2.05, 4.69) is 11.8 Å². The number of hydrogen-bond donors (Lipinski definition) is 0. The van der Waals surface area contributed by atoms with Crippen molar-refractivity contribution in [3.8, 4) is 0 Å². The van der Waals surface area contributed by atoms with E-state index in [0.29, 0.717) is 0 Å². The average Bonchev–Trinajstić information content (AvgIpc) is 2.59. The first-order chi connectivity index (χ1) is 5.84. The third-order valence-corrected chi connectivity index (χ3v) is 4.29. The van der Waals surface area contributed by atoms with Crippen LogP contribution in [-0.2, 0) is 0 Å². The van der Waals surface area contributed by atoms with Gasteiger partial charge in [0.1, 0.15) is 0 Å². The Morgan fingerprint density at radius 3 is 3.00 bits per heavy atom. The molecule has 1 heteroatoms. The molecule has 4 atom stereocenters. The molecule has 2 saturated heterocycles. The fourth-order valence-corrected chi connectivity index (χ4v) is 3.90. The third kappa shape index (κ3) is 0.891. The summed E-state index contributed by atoms with van der Waals surface area (Å²) in [5.41, 5.74) is 0. The van der Waals surface area contributed by atoms with Gasteiger partial charge in [0.05, 0.1) is 0 Å². The summed E-state index contributed by atoms with van der Waals surface area (Å²) in [4.78, 5) is 2.84. The molecule has 0 aromatic heterocycles. The van der Waals surface area contributed by atoms with Crippen LogP contribution in [0.15, 0.2) is 0 Å². The Morgan fingerprint density at radius 2 is 2.08 bits per heavy atom. The smallest absolute Gasteiger partial charge is 0.0127 e. The zero-order valence-electron chi connectivity index (χ0n) is 8.00. The van der Waals surface area contributed by atoms with E-state index in [4.69, 9.17) is 0 Å². The Kier molecular flexibility index (Phi) is 1.52. The van der Waals surface area contributed by atoms with Gasteiger partial charge in [0.25, 0.3) is 0 Å². The van der Waals surface area contributed by atoms with Gasteiger partial charge in [0.2, 0.25) is 0 Å². The molecule has 0 aromatic carbocycles. The highest BCUT2D eigenvalue weighted by atomic mass is 15.2.